The average molecular weight is 404 g/mol. The maximum atomic E-state index is 12.7. The minimum atomic E-state index is -0.453. The third-order valence-electron chi connectivity index (χ3n) is 6.36. The molecule has 0 bridgehead atoms. The molecule has 6 nitrogen and oxygen atoms in total. The Kier molecular flexibility index (Phi) is 7.19. The number of piperidine rings is 1. The van der Waals surface area contributed by atoms with Crippen LogP contribution in [0.25, 0.3) is 0 Å². The molecule has 3 rings (SSSR count). The van der Waals surface area contributed by atoms with Gasteiger partial charge in [-0.3, -0.25) is 4.90 Å². The fourth-order valence-corrected chi connectivity index (χ4v) is 4.53. The van der Waals surface area contributed by atoms with Crippen molar-refractivity contribution in [2.45, 2.75) is 64.4 Å². The highest BCUT2D eigenvalue weighted by Gasteiger charge is 2.34. The van der Waals surface area contributed by atoms with Crippen LogP contribution in [-0.4, -0.2) is 71.4 Å². The summed E-state index contributed by atoms with van der Waals surface area (Å²) < 4.78 is 5.84. The van der Waals surface area contributed by atoms with Crippen LogP contribution in [0.5, 0.6) is 0 Å². The molecule has 2 aliphatic heterocycles. The standard InChI is InChI=1S/C23H37N3O3/c1-17-14-26(15-18(2)29-17)23(3,4)16-24-22(28)25-12-10-20(11-13-25)21(27)19-8-6-5-7-9-19/h5-9,17-18,20-21,27H,10-16H2,1-4H3,(H,24,28). The summed E-state index contributed by atoms with van der Waals surface area (Å²) in [5.74, 6) is 0.203. The molecule has 2 aliphatic rings. The number of urea groups is 1. The molecule has 2 saturated heterocycles. The van der Waals surface area contributed by atoms with Crippen molar-refractivity contribution in [2.75, 3.05) is 32.7 Å². The molecule has 0 aromatic heterocycles. The van der Waals surface area contributed by atoms with Crippen molar-refractivity contribution in [1.29, 1.82) is 0 Å². The van der Waals surface area contributed by atoms with Crippen LogP contribution >= 0.6 is 0 Å². The molecule has 3 atom stereocenters. The van der Waals surface area contributed by atoms with Crippen LogP contribution in [0.1, 0.15) is 52.2 Å². The van der Waals surface area contributed by atoms with Crippen molar-refractivity contribution < 1.29 is 14.6 Å². The van der Waals surface area contributed by atoms with Gasteiger partial charge in [0.05, 0.1) is 18.3 Å². The molecule has 2 heterocycles. The number of aliphatic hydroxyl groups excluding tert-OH is 1. The smallest absolute Gasteiger partial charge is 0.317 e. The van der Waals surface area contributed by atoms with Gasteiger partial charge in [-0.2, -0.15) is 0 Å². The molecule has 29 heavy (non-hydrogen) atoms. The number of aliphatic hydroxyl groups is 1. The quantitative estimate of drug-likeness (QED) is 0.793. The molecule has 6 heteroatoms. The maximum absolute atomic E-state index is 12.7. The second-order valence-electron chi connectivity index (χ2n) is 9.31. The topological polar surface area (TPSA) is 65.0 Å². The van der Waals surface area contributed by atoms with Crippen molar-refractivity contribution in [3.05, 3.63) is 35.9 Å². The van der Waals surface area contributed by atoms with Crippen LogP contribution in [0.3, 0.4) is 0 Å². The van der Waals surface area contributed by atoms with E-state index in [1.54, 1.807) is 0 Å². The minimum Gasteiger partial charge on any atom is -0.388 e. The summed E-state index contributed by atoms with van der Waals surface area (Å²) in [6.45, 7) is 12.3. The van der Waals surface area contributed by atoms with Gasteiger partial charge in [0.25, 0.3) is 0 Å². The lowest BCUT2D eigenvalue weighted by molar-refractivity contribution is -0.0948. The van der Waals surface area contributed by atoms with Crippen LogP contribution in [0, 0.1) is 5.92 Å². The van der Waals surface area contributed by atoms with Gasteiger partial charge in [-0.1, -0.05) is 30.3 Å². The largest absolute Gasteiger partial charge is 0.388 e. The first-order valence-electron chi connectivity index (χ1n) is 10.9. The van der Waals surface area contributed by atoms with E-state index in [4.69, 9.17) is 4.74 Å². The fourth-order valence-electron chi connectivity index (χ4n) is 4.53. The number of benzene rings is 1. The van der Waals surface area contributed by atoms with Gasteiger partial charge >= 0.3 is 6.03 Å². The second-order valence-corrected chi connectivity index (χ2v) is 9.31. The summed E-state index contributed by atoms with van der Waals surface area (Å²) in [6.07, 6.45) is 1.62. The highest BCUT2D eigenvalue weighted by molar-refractivity contribution is 5.74. The number of morpholine rings is 1. The average Bonchev–Trinajstić information content (AvgIpc) is 2.71. The Balaban J connectivity index is 1.46. The maximum Gasteiger partial charge on any atom is 0.317 e. The van der Waals surface area contributed by atoms with Gasteiger partial charge in [0.2, 0.25) is 0 Å². The number of nitrogens with zero attached hydrogens (tertiary/aromatic N) is 2. The van der Waals surface area contributed by atoms with Crippen LogP contribution in [-0.2, 0) is 4.74 Å². The van der Waals surface area contributed by atoms with Gasteiger partial charge in [0.1, 0.15) is 0 Å². The van der Waals surface area contributed by atoms with Crippen LogP contribution in [0.2, 0.25) is 0 Å². The summed E-state index contributed by atoms with van der Waals surface area (Å²) in [7, 11) is 0. The molecule has 3 unspecified atom stereocenters. The Morgan fingerprint density at radius 3 is 2.34 bits per heavy atom. The van der Waals surface area contributed by atoms with Crippen molar-refractivity contribution in [3.63, 3.8) is 0 Å². The molecule has 0 aliphatic carbocycles. The van der Waals surface area contributed by atoms with E-state index < -0.39 is 6.10 Å². The van der Waals surface area contributed by atoms with E-state index in [2.05, 4.69) is 37.9 Å². The van der Waals surface area contributed by atoms with Crippen molar-refractivity contribution in [1.82, 2.24) is 15.1 Å². The first kappa shape index (κ1) is 22.1. The van der Waals surface area contributed by atoms with E-state index in [0.717, 1.165) is 31.5 Å². The molecule has 1 aromatic carbocycles. The van der Waals surface area contributed by atoms with Crippen LogP contribution in [0.4, 0.5) is 4.79 Å². The summed E-state index contributed by atoms with van der Waals surface area (Å²) in [4.78, 5) is 17.0. The zero-order valence-electron chi connectivity index (χ0n) is 18.3. The van der Waals surface area contributed by atoms with Gasteiger partial charge < -0.3 is 20.1 Å². The van der Waals surface area contributed by atoms with Gasteiger partial charge in [-0.25, -0.2) is 4.79 Å². The molecule has 2 fully saturated rings. The molecule has 0 saturated carbocycles. The molecule has 2 amide bonds. The Morgan fingerprint density at radius 2 is 1.76 bits per heavy atom. The Hall–Kier alpha value is -1.63. The van der Waals surface area contributed by atoms with E-state index >= 15 is 0 Å². The molecule has 0 radical (unpaired) electrons. The van der Waals surface area contributed by atoms with Crippen molar-refractivity contribution >= 4 is 6.03 Å². The van der Waals surface area contributed by atoms with Crippen molar-refractivity contribution in [2.24, 2.45) is 5.92 Å². The second kappa shape index (κ2) is 9.45. The zero-order chi connectivity index (χ0) is 21.0. The number of likely N-dealkylation sites (tertiary alicyclic amines) is 1. The summed E-state index contributed by atoms with van der Waals surface area (Å²) in [5.41, 5.74) is 0.843. The number of nitrogens with one attached hydrogen (secondary N) is 1. The monoisotopic (exact) mass is 403 g/mol. The molecule has 162 valence electrons. The van der Waals surface area contributed by atoms with Crippen LogP contribution in [0.15, 0.2) is 30.3 Å². The number of carbonyl (C=O) groups is 1. The van der Waals surface area contributed by atoms with Crippen LogP contribution < -0.4 is 5.32 Å². The number of carbonyl (C=O) groups excluding carboxylic acids is 1. The molecule has 2 N–H and O–H groups in total. The molecular weight excluding hydrogens is 366 g/mol. The van der Waals surface area contributed by atoms with E-state index in [0.29, 0.717) is 19.6 Å². The SMILES string of the molecule is CC1CN(C(C)(C)CNC(=O)N2CCC(C(O)c3ccccc3)CC2)CC(C)O1. The highest BCUT2D eigenvalue weighted by atomic mass is 16.5. The normalized spacial score (nSPS) is 25.6. The van der Waals surface area contributed by atoms with E-state index in [9.17, 15) is 9.90 Å². The van der Waals surface area contributed by atoms with Gasteiger partial charge in [-0.05, 0) is 52.0 Å². The number of rotatable bonds is 5. The van der Waals surface area contributed by atoms with E-state index in [1.807, 2.05) is 35.2 Å². The number of hydrogen-bond acceptors (Lipinski definition) is 4. The fraction of sp³-hybridized carbons (Fsp3) is 0.696. The van der Waals surface area contributed by atoms with Gasteiger partial charge in [0, 0.05) is 38.3 Å². The van der Waals surface area contributed by atoms with Crippen molar-refractivity contribution in [3.8, 4) is 0 Å². The lowest BCUT2D eigenvalue weighted by Crippen LogP contribution is -2.59. The lowest BCUT2D eigenvalue weighted by Gasteiger charge is -2.45. The molecular formula is C23H37N3O3. The first-order chi connectivity index (χ1) is 13.8. The Bertz CT molecular complexity index is 649. The summed E-state index contributed by atoms with van der Waals surface area (Å²) in [5, 5.41) is 13.8. The third-order valence-corrected chi connectivity index (χ3v) is 6.36. The lowest BCUT2D eigenvalue weighted by atomic mass is 9.87. The Morgan fingerprint density at radius 1 is 1.17 bits per heavy atom. The number of hydrogen-bond donors (Lipinski definition) is 2. The van der Waals surface area contributed by atoms with E-state index in [-0.39, 0.29) is 29.7 Å². The number of ether oxygens (including phenoxy) is 1. The minimum absolute atomic E-state index is 0.0000762. The molecule has 0 spiro atoms. The third kappa shape index (κ3) is 5.71. The first-order valence-corrected chi connectivity index (χ1v) is 10.9. The predicted octanol–water partition coefficient (Wildman–Crippen LogP) is 3.03. The zero-order valence-corrected chi connectivity index (χ0v) is 18.3. The highest BCUT2D eigenvalue weighted by Crippen LogP contribution is 2.30. The molecule has 1 aromatic rings. The van der Waals surface area contributed by atoms with Gasteiger partial charge in [0.15, 0.2) is 0 Å². The summed E-state index contributed by atoms with van der Waals surface area (Å²) in [6, 6.07) is 9.82. The summed E-state index contributed by atoms with van der Waals surface area (Å²) >= 11 is 0. The number of amides is 2. The predicted molar refractivity (Wildman–Crippen MR) is 115 cm³/mol. The Labute approximate surface area is 175 Å². The van der Waals surface area contributed by atoms with Gasteiger partial charge in [-0.15, -0.1) is 0 Å². The van der Waals surface area contributed by atoms with E-state index in [1.165, 1.54) is 0 Å².